The zero-order valence-electron chi connectivity index (χ0n) is 13.3. The normalized spacial score (nSPS) is 10.9. The summed E-state index contributed by atoms with van der Waals surface area (Å²) >= 11 is 3.34. The van der Waals surface area contributed by atoms with Crippen molar-refractivity contribution >= 4 is 27.9 Å². The second kappa shape index (κ2) is 8.31. The minimum absolute atomic E-state index is 0.0232. The molecule has 2 aromatic rings. The zero-order valence-corrected chi connectivity index (χ0v) is 14.8. The molecule has 2 aromatic carbocycles. The molecule has 0 aliphatic carbocycles. The Kier molecular flexibility index (Phi) is 6.14. The number of nitrogens with two attached hydrogens (primary N) is 1. The molecule has 0 aliphatic rings. The lowest BCUT2D eigenvalue weighted by molar-refractivity contribution is -0.114. The summed E-state index contributed by atoms with van der Waals surface area (Å²) in [6, 6.07) is 11.2. The Balaban J connectivity index is 2.32. The summed E-state index contributed by atoms with van der Waals surface area (Å²) in [5.41, 5.74) is 5.87. The Labute approximate surface area is 152 Å². The highest BCUT2D eigenvalue weighted by Crippen LogP contribution is 2.35. The molecular formula is C18H14BrFN2O3. The van der Waals surface area contributed by atoms with E-state index in [0.29, 0.717) is 27.1 Å². The number of carbonyl (C=O) groups is 1. The van der Waals surface area contributed by atoms with Crippen molar-refractivity contribution < 1.29 is 18.7 Å². The van der Waals surface area contributed by atoms with Gasteiger partial charge in [-0.05, 0) is 29.8 Å². The van der Waals surface area contributed by atoms with Crippen molar-refractivity contribution in [1.29, 1.82) is 5.26 Å². The molecule has 5 nitrogen and oxygen atoms in total. The molecule has 0 fully saturated rings. The summed E-state index contributed by atoms with van der Waals surface area (Å²) in [4.78, 5) is 11.2. The van der Waals surface area contributed by atoms with Crippen LogP contribution < -0.4 is 15.2 Å². The van der Waals surface area contributed by atoms with Gasteiger partial charge in [-0.3, -0.25) is 4.79 Å². The standard InChI is InChI=1S/C18H14BrFN2O3/c1-24-16-7-12(6-13(9-21)18(22)23)14(19)8-17(16)25-10-11-4-2-3-5-15(11)20/h2-8H,10H2,1H3,(H2,22,23)/b13-6-. The first-order chi connectivity index (χ1) is 12.0. The van der Waals surface area contributed by atoms with Gasteiger partial charge in [-0.15, -0.1) is 0 Å². The largest absolute Gasteiger partial charge is 0.493 e. The molecular weight excluding hydrogens is 391 g/mol. The SMILES string of the molecule is COc1cc(/C=C(/C#N)C(N)=O)c(Br)cc1OCc1ccccc1F. The molecule has 128 valence electrons. The Morgan fingerprint density at radius 2 is 2.08 bits per heavy atom. The number of methoxy groups -OCH3 is 1. The highest BCUT2D eigenvalue weighted by molar-refractivity contribution is 9.10. The van der Waals surface area contributed by atoms with Crippen molar-refractivity contribution in [1.82, 2.24) is 0 Å². The lowest BCUT2D eigenvalue weighted by Crippen LogP contribution is -2.12. The number of hydrogen-bond donors (Lipinski definition) is 1. The number of nitrogens with zero attached hydrogens (tertiary/aromatic N) is 1. The number of rotatable bonds is 6. The van der Waals surface area contributed by atoms with Crippen molar-refractivity contribution in [3.8, 4) is 17.6 Å². The summed E-state index contributed by atoms with van der Waals surface area (Å²) in [6.45, 7) is 0.0232. The van der Waals surface area contributed by atoms with E-state index in [1.165, 1.54) is 19.3 Å². The van der Waals surface area contributed by atoms with E-state index in [1.807, 2.05) is 0 Å². The molecule has 2 N–H and O–H groups in total. The van der Waals surface area contributed by atoms with E-state index in [0.717, 1.165) is 0 Å². The molecule has 0 aromatic heterocycles. The van der Waals surface area contributed by atoms with E-state index in [2.05, 4.69) is 15.9 Å². The van der Waals surface area contributed by atoms with Crippen molar-refractivity contribution in [2.75, 3.05) is 7.11 Å². The third-order valence-corrected chi connectivity index (χ3v) is 4.00. The summed E-state index contributed by atoms with van der Waals surface area (Å²) in [6.07, 6.45) is 1.34. The van der Waals surface area contributed by atoms with Crippen LogP contribution in [0, 0.1) is 17.1 Å². The van der Waals surface area contributed by atoms with E-state index in [1.54, 1.807) is 36.4 Å². The fourth-order valence-corrected chi connectivity index (χ4v) is 2.46. The molecule has 0 radical (unpaired) electrons. The van der Waals surface area contributed by atoms with Crippen LogP contribution in [0.5, 0.6) is 11.5 Å². The number of hydrogen-bond acceptors (Lipinski definition) is 4. The van der Waals surface area contributed by atoms with Gasteiger partial charge in [0.05, 0.1) is 7.11 Å². The summed E-state index contributed by atoms with van der Waals surface area (Å²) < 4.78 is 25.1. The van der Waals surface area contributed by atoms with Crippen molar-refractivity contribution in [2.45, 2.75) is 6.61 Å². The van der Waals surface area contributed by atoms with Crippen LogP contribution in [0.1, 0.15) is 11.1 Å². The van der Waals surface area contributed by atoms with Crippen LogP contribution in [-0.2, 0) is 11.4 Å². The van der Waals surface area contributed by atoms with E-state index in [9.17, 15) is 9.18 Å². The quantitative estimate of drug-likeness (QED) is 0.588. The molecule has 7 heteroatoms. The van der Waals surface area contributed by atoms with Gasteiger partial charge in [0, 0.05) is 10.0 Å². The van der Waals surface area contributed by atoms with Crippen LogP contribution in [0.4, 0.5) is 4.39 Å². The van der Waals surface area contributed by atoms with Crippen LogP contribution in [0.2, 0.25) is 0 Å². The van der Waals surface area contributed by atoms with Gasteiger partial charge in [-0.2, -0.15) is 5.26 Å². The van der Waals surface area contributed by atoms with Gasteiger partial charge >= 0.3 is 0 Å². The van der Waals surface area contributed by atoms with Crippen LogP contribution in [0.15, 0.2) is 46.4 Å². The number of amides is 1. The van der Waals surface area contributed by atoms with Gasteiger partial charge in [0.15, 0.2) is 11.5 Å². The molecule has 25 heavy (non-hydrogen) atoms. The van der Waals surface area contributed by atoms with Crippen LogP contribution >= 0.6 is 15.9 Å². The average molecular weight is 405 g/mol. The summed E-state index contributed by atoms with van der Waals surface area (Å²) in [7, 11) is 1.45. The molecule has 0 heterocycles. The monoisotopic (exact) mass is 404 g/mol. The van der Waals surface area contributed by atoms with E-state index >= 15 is 0 Å². The van der Waals surface area contributed by atoms with Gasteiger partial charge in [0.2, 0.25) is 0 Å². The zero-order chi connectivity index (χ0) is 18.4. The predicted octanol–water partition coefficient (Wildman–Crippen LogP) is 3.57. The number of halogens is 2. The maximum absolute atomic E-state index is 13.7. The van der Waals surface area contributed by atoms with Gasteiger partial charge in [0.25, 0.3) is 5.91 Å². The van der Waals surface area contributed by atoms with Crippen LogP contribution in [-0.4, -0.2) is 13.0 Å². The van der Waals surface area contributed by atoms with Crippen molar-refractivity contribution in [3.63, 3.8) is 0 Å². The molecule has 0 aliphatic heterocycles. The lowest BCUT2D eigenvalue weighted by atomic mass is 10.1. The van der Waals surface area contributed by atoms with Crippen LogP contribution in [0.25, 0.3) is 6.08 Å². The fraction of sp³-hybridized carbons (Fsp3) is 0.111. The highest BCUT2D eigenvalue weighted by Gasteiger charge is 2.12. The van der Waals surface area contributed by atoms with Gasteiger partial charge in [-0.25, -0.2) is 4.39 Å². The predicted molar refractivity (Wildman–Crippen MR) is 94.2 cm³/mol. The summed E-state index contributed by atoms with van der Waals surface area (Å²) in [5, 5.41) is 8.94. The molecule has 0 saturated heterocycles. The minimum atomic E-state index is -0.826. The Hall–Kier alpha value is -2.85. The van der Waals surface area contributed by atoms with E-state index < -0.39 is 5.91 Å². The molecule has 0 unspecified atom stereocenters. The second-order valence-electron chi connectivity index (χ2n) is 4.94. The number of benzene rings is 2. The Morgan fingerprint density at radius 3 is 2.68 bits per heavy atom. The number of nitriles is 1. The van der Waals surface area contributed by atoms with E-state index in [-0.39, 0.29) is 18.0 Å². The number of ether oxygens (including phenoxy) is 2. The van der Waals surface area contributed by atoms with Crippen molar-refractivity contribution in [3.05, 3.63) is 63.4 Å². The van der Waals surface area contributed by atoms with Gasteiger partial charge in [0.1, 0.15) is 24.1 Å². The number of primary amides is 1. The second-order valence-corrected chi connectivity index (χ2v) is 5.79. The third-order valence-electron chi connectivity index (χ3n) is 3.31. The molecule has 0 saturated carbocycles. The first-order valence-electron chi connectivity index (χ1n) is 7.11. The fourth-order valence-electron chi connectivity index (χ4n) is 2.02. The molecule has 1 amide bonds. The topological polar surface area (TPSA) is 85.3 Å². The van der Waals surface area contributed by atoms with E-state index in [4.69, 9.17) is 20.5 Å². The maximum Gasteiger partial charge on any atom is 0.259 e. The molecule has 0 bridgehead atoms. The first-order valence-corrected chi connectivity index (χ1v) is 7.91. The Bertz CT molecular complexity index is 875. The smallest absolute Gasteiger partial charge is 0.259 e. The maximum atomic E-state index is 13.7. The van der Waals surface area contributed by atoms with Gasteiger partial charge in [-0.1, -0.05) is 34.1 Å². The lowest BCUT2D eigenvalue weighted by Gasteiger charge is -2.13. The first kappa shape index (κ1) is 18.5. The van der Waals surface area contributed by atoms with Crippen LogP contribution in [0.3, 0.4) is 0 Å². The molecule has 0 spiro atoms. The number of carbonyl (C=O) groups excluding carboxylic acids is 1. The van der Waals surface area contributed by atoms with Crippen molar-refractivity contribution in [2.24, 2.45) is 5.73 Å². The minimum Gasteiger partial charge on any atom is -0.493 e. The average Bonchev–Trinajstić information content (AvgIpc) is 2.59. The summed E-state index contributed by atoms with van der Waals surface area (Å²) in [5.74, 6) is -0.437. The highest BCUT2D eigenvalue weighted by atomic mass is 79.9. The van der Waals surface area contributed by atoms with Gasteiger partial charge < -0.3 is 15.2 Å². The molecule has 0 atom stereocenters. The molecule has 2 rings (SSSR count). The third kappa shape index (κ3) is 4.58. The Morgan fingerprint density at radius 1 is 1.36 bits per heavy atom.